The molecule has 5 aliphatic rings. The topological polar surface area (TPSA) is 105 Å². The number of carbonyl (C=O) groups excluding carboxylic acids is 1. The lowest BCUT2D eigenvalue weighted by atomic mass is 9.49. The SMILES string of the molecule is O=C(O)COc1ccc(CN2CCc3c(ncnc3NC(=O)CC34CC5CC(CC(C5)C3)C4)C2)cc1. The van der Waals surface area contributed by atoms with Gasteiger partial charge in [-0.15, -0.1) is 0 Å². The van der Waals surface area contributed by atoms with Gasteiger partial charge in [-0.3, -0.25) is 9.69 Å². The molecule has 4 bridgehead atoms. The van der Waals surface area contributed by atoms with Gasteiger partial charge in [0, 0.05) is 31.6 Å². The van der Waals surface area contributed by atoms with Crippen LogP contribution >= 0.6 is 0 Å². The summed E-state index contributed by atoms with van der Waals surface area (Å²) in [5, 5.41) is 11.9. The molecule has 4 fully saturated rings. The summed E-state index contributed by atoms with van der Waals surface area (Å²) < 4.78 is 5.22. The van der Waals surface area contributed by atoms with Gasteiger partial charge in [-0.05, 0) is 85.8 Å². The molecule has 0 atom stereocenters. The number of carboxylic acid groups (broad SMARTS) is 1. The molecule has 4 aliphatic carbocycles. The van der Waals surface area contributed by atoms with Crippen LogP contribution in [0.5, 0.6) is 5.75 Å². The van der Waals surface area contributed by atoms with Crippen LogP contribution in [0.25, 0.3) is 0 Å². The van der Waals surface area contributed by atoms with Gasteiger partial charge in [0.15, 0.2) is 6.61 Å². The first-order chi connectivity index (χ1) is 17.4. The van der Waals surface area contributed by atoms with Gasteiger partial charge in [-0.1, -0.05) is 12.1 Å². The molecular weight excluding hydrogens is 456 g/mol. The van der Waals surface area contributed by atoms with E-state index in [0.717, 1.165) is 54.1 Å². The van der Waals surface area contributed by atoms with E-state index in [4.69, 9.17) is 9.84 Å². The zero-order valence-corrected chi connectivity index (χ0v) is 20.6. The number of rotatable bonds is 8. The van der Waals surface area contributed by atoms with Crippen LogP contribution in [0.4, 0.5) is 5.82 Å². The number of fused-ring (bicyclic) bond motifs is 1. The second kappa shape index (κ2) is 9.47. The van der Waals surface area contributed by atoms with E-state index in [1.807, 2.05) is 12.1 Å². The zero-order chi connectivity index (χ0) is 24.7. The van der Waals surface area contributed by atoms with Gasteiger partial charge >= 0.3 is 5.97 Å². The Morgan fingerprint density at radius 1 is 1.06 bits per heavy atom. The Labute approximate surface area is 211 Å². The fraction of sp³-hybridized carbons (Fsp3) is 0.571. The molecule has 0 radical (unpaired) electrons. The Bertz CT molecular complexity index is 1110. The van der Waals surface area contributed by atoms with Gasteiger partial charge in [-0.2, -0.15) is 0 Å². The fourth-order valence-corrected chi connectivity index (χ4v) is 7.77. The van der Waals surface area contributed by atoms with E-state index in [1.165, 1.54) is 38.5 Å². The number of carboxylic acids is 1. The van der Waals surface area contributed by atoms with Crippen molar-refractivity contribution in [2.24, 2.45) is 23.2 Å². The number of anilines is 1. The lowest BCUT2D eigenvalue weighted by molar-refractivity contribution is -0.139. The Morgan fingerprint density at radius 3 is 2.42 bits per heavy atom. The summed E-state index contributed by atoms with van der Waals surface area (Å²) in [4.78, 5) is 35.2. The van der Waals surface area contributed by atoms with Crippen LogP contribution in [-0.4, -0.2) is 45.0 Å². The third-order valence-corrected chi connectivity index (χ3v) is 8.74. The molecular formula is C28H34N4O4. The first kappa shape index (κ1) is 23.4. The molecule has 0 saturated heterocycles. The van der Waals surface area contributed by atoms with Crippen molar-refractivity contribution in [3.05, 3.63) is 47.4 Å². The van der Waals surface area contributed by atoms with Crippen molar-refractivity contribution >= 4 is 17.7 Å². The van der Waals surface area contributed by atoms with Crippen LogP contribution in [0.1, 0.15) is 61.8 Å². The standard InChI is InChI=1S/C28H34N4O4/c33-25(13-28-10-19-7-20(11-28)9-21(8-19)12-28)31-27-23-5-6-32(15-24(23)29-17-30-27)14-18-1-3-22(4-2-18)36-16-26(34)35/h1-4,17,19-21H,5-16H2,(H,34,35)(H,29,30,31,33). The third kappa shape index (κ3) is 4.96. The molecule has 1 aliphatic heterocycles. The van der Waals surface area contributed by atoms with Crippen LogP contribution in [0.15, 0.2) is 30.6 Å². The number of ether oxygens (including phenoxy) is 1. The van der Waals surface area contributed by atoms with Crippen molar-refractivity contribution in [3.63, 3.8) is 0 Å². The monoisotopic (exact) mass is 490 g/mol. The lowest BCUT2D eigenvalue weighted by Gasteiger charge is -2.56. The predicted octanol–water partition coefficient (Wildman–Crippen LogP) is 4.04. The normalized spacial score (nSPS) is 28.5. The van der Waals surface area contributed by atoms with E-state index < -0.39 is 5.97 Å². The number of nitrogens with one attached hydrogen (secondary N) is 1. The summed E-state index contributed by atoms with van der Waals surface area (Å²) in [6.07, 6.45) is 10.9. The first-order valence-corrected chi connectivity index (χ1v) is 13.2. The van der Waals surface area contributed by atoms with E-state index >= 15 is 0 Å². The Hall–Kier alpha value is -3.00. The molecule has 36 heavy (non-hydrogen) atoms. The Balaban J connectivity index is 1.07. The summed E-state index contributed by atoms with van der Waals surface area (Å²) >= 11 is 0. The fourth-order valence-electron chi connectivity index (χ4n) is 7.77. The maximum atomic E-state index is 13.2. The predicted molar refractivity (Wildman–Crippen MR) is 133 cm³/mol. The van der Waals surface area contributed by atoms with Crippen molar-refractivity contribution in [2.45, 2.75) is 64.5 Å². The summed E-state index contributed by atoms with van der Waals surface area (Å²) in [6.45, 7) is 1.97. The summed E-state index contributed by atoms with van der Waals surface area (Å²) in [7, 11) is 0. The number of amides is 1. The summed E-state index contributed by atoms with van der Waals surface area (Å²) in [5.41, 5.74) is 3.38. The number of nitrogens with zero attached hydrogens (tertiary/aromatic N) is 3. The molecule has 2 N–H and O–H groups in total. The number of carbonyl (C=O) groups is 2. The van der Waals surface area contributed by atoms with Crippen molar-refractivity contribution in [2.75, 3.05) is 18.5 Å². The minimum Gasteiger partial charge on any atom is -0.482 e. The maximum absolute atomic E-state index is 13.2. The van der Waals surface area contributed by atoms with Gasteiger partial charge in [-0.25, -0.2) is 14.8 Å². The average molecular weight is 491 g/mol. The van der Waals surface area contributed by atoms with Crippen molar-refractivity contribution < 1.29 is 19.4 Å². The highest BCUT2D eigenvalue weighted by Gasteiger charge is 2.51. The number of hydrogen-bond acceptors (Lipinski definition) is 6. The highest BCUT2D eigenvalue weighted by molar-refractivity contribution is 5.91. The molecule has 8 heteroatoms. The van der Waals surface area contributed by atoms with Gasteiger partial charge < -0.3 is 15.2 Å². The molecule has 8 nitrogen and oxygen atoms in total. The van der Waals surface area contributed by atoms with Gasteiger partial charge in [0.2, 0.25) is 5.91 Å². The highest BCUT2D eigenvalue weighted by atomic mass is 16.5. The minimum absolute atomic E-state index is 0.116. The lowest BCUT2D eigenvalue weighted by Crippen LogP contribution is -2.47. The molecule has 4 saturated carbocycles. The molecule has 0 spiro atoms. The number of benzene rings is 1. The molecule has 2 heterocycles. The van der Waals surface area contributed by atoms with Crippen molar-refractivity contribution in [1.82, 2.24) is 14.9 Å². The molecule has 2 aromatic rings. The molecule has 7 rings (SSSR count). The highest BCUT2D eigenvalue weighted by Crippen LogP contribution is 2.61. The third-order valence-electron chi connectivity index (χ3n) is 8.74. The Morgan fingerprint density at radius 2 is 1.75 bits per heavy atom. The summed E-state index contributed by atoms with van der Waals surface area (Å²) in [5.74, 6) is 2.89. The second-order valence-electron chi connectivity index (χ2n) is 11.6. The van der Waals surface area contributed by atoms with Crippen LogP contribution in [0.3, 0.4) is 0 Å². The second-order valence-corrected chi connectivity index (χ2v) is 11.6. The average Bonchev–Trinajstić information content (AvgIpc) is 2.82. The van der Waals surface area contributed by atoms with Crippen LogP contribution in [-0.2, 0) is 29.1 Å². The van der Waals surface area contributed by atoms with E-state index in [9.17, 15) is 9.59 Å². The van der Waals surface area contributed by atoms with E-state index in [1.54, 1.807) is 18.5 Å². The smallest absolute Gasteiger partial charge is 0.341 e. The molecule has 1 aromatic heterocycles. The van der Waals surface area contributed by atoms with Gasteiger partial charge in [0.1, 0.15) is 17.9 Å². The molecule has 0 unspecified atom stereocenters. The molecule has 1 aromatic carbocycles. The number of hydrogen-bond donors (Lipinski definition) is 2. The van der Waals surface area contributed by atoms with Crippen molar-refractivity contribution in [1.29, 1.82) is 0 Å². The van der Waals surface area contributed by atoms with Gasteiger partial charge in [0.05, 0.1) is 5.69 Å². The first-order valence-electron chi connectivity index (χ1n) is 13.2. The van der Waals surface area contributed by atoms with E-state index in [0.29, 0.717) is 24.5 Å². The number of aromatic nitrogens is 2. The van der Waals surface area contributed by atoms with Crippen molar-refractivity contribution in [3.8, 4) is 5.75 Å². The van der Waals surface area contributed by atoms with Crippen LogP contribution in [0, 0.1) is 23.2 Å². The van der Waals surface area contributed by atoms with Crippen LogP contribution < -0.4 is 10.1 Å². The number of aliphatic carboxylic acids is 1. The van der Waals surface area contributed by atoms with E-state index in [-0.39, 0.29) is 17.9 Å². The quantitative estimate of drug-likeness (QED) is 0.575. The largest absolute Gasteiger partial charge is 0.482 e. The minimum atomic E-state index is -0.989. The summed E-state index contributed by atoms with van der Waals surface area (Å²) in [6, 6.07) is 7.52. The molecule has 190 valence electrons. The van der Waals surface area contributed by atoms with E-state index in [2.05, 4.69) is 20.2 Å². The zero-order valence-electron chi connectivity index (χ0n) is 20.6. The Kier molecular flexibility index (Phi) is 6.15. The molecule has 1 amide bonds. The maximum Gasteiger partial charge on any atom is 0.341 e. The van der Waals surface area contributed by atoms with Crippen LogP contribution in [0.2, 0.25) is 0 Å². The van der Waals surface area contributed by atoms with Gasteiger partial charge in [0.25, 0.3) is 0 Å².